The molecule has 1 heterocycles. The highest BCUT2D eigenvalue weighted by atomic mass is 35.5. The van der Waals surface area contributed by atoms with Gasteiger partial charge < -0.3 is 10.1 Å². The first-order valence-electron chi connectivity index (χ1n) is 8.79. The maximum Gasteiger partial charge on any atom is 0.327 e. The SMILES string of the molecule is CCCCOc1ccc(NC(=O)N2CCN=C2c2cccc(Cl)c2)cc1. The summed E-state index contributed by atoms with van der Waals surface area (Å²) >= 11 is 6.05. The second-order valence-corrected chi connectivity index (χ2v) is 6.46. The van der Waals surface area contributed by atoms with E-state index in [0.29, 0.717) is 30.6 Å². The van der Waals surface area contributed by atoms with Gasteiger partial charge in [-0.15, -0.1) is 0 Å². The first-order valence-corrected chi connectivity index (χ1v) is 9.17. The summed E-state index contributed by atoms with van der Waals surface area (Å²) in [6.45, 7) is 3.96. The molecule has 0 atom stereocenters. The molecule has 0 saturated heterocycles. The number of hydrogen-bond donors (Lipinski definition) is 1. The maximum absolute atomic E-state index is 12.6. The zero-order valence-corrected chi connectivity index (χ0v) is 15.5. The van der Waals surface area contributed by atoms with Gasteiger partial charge in [0.15, 0.2) is 0 Å². The van der Waals surface area contributed by atoms with Crippen LogP contribution in [0.4, 0.5) is 10.5 Å². The van der Waals surface area contributed by atoms with Crippen molar-refractivity contribution >= 4 is 29.2 Å². The number of halogens is 1. The van der Waals surface area contributed by atoms with E-state index in [2.05, 4.69) is 17.2 Å². The molecule has 136 valence electrons. The zero-order chi connectivity index (χ0) is 18.4. The quantitative estimate of drug-likeness (QED) is 0.740. The average Bonchev–Trinajstić information content (AvgIpc) is 3.13. The number of carbonyl (C=O) groups excluding carboxylic acids is 1. The summed E-state index contributed by atoms with van der Waals surface area (Å²) in [6.07, 6.45) is 2.12. The molecule has 0 aromatic heterocycles. The monoisotopic (exact) mass is 371 g/mol. The van der Waals surface area contributed by atoms with Gasteiger partial charge in [0.05, 0.1) is 13.2 Å². The Morgan fingerprint density at radius 3 is 2.81 bits per heavy atom. The molecule has 0 spiro atoms. The minimum Gasteiger partial charge on any atom is -0.494 e. The van der Waals surface area contributed by atoms with Crippen LogP contribution >= 0.6 is 11.6 Å². The predicted molar refractivity (Wildman–Crippen MR) is 105 cm³/mol. The van der Waals surface area contributed by atoms with Gasteiger partial charge in [-0.3, -0.25) is 9.89 Å². The van der Waals surface area contributed by atoms with E-state index < -0.39 is 0 Å². The lowest BCUT2D eigenvalue weighted by atomic mass is 10.2. The second-order valence-electron chi connectivity index (χ2n) is 6.02. The van der Waals surface area contributed by atoms with Crippen LogP contribution in [0.15, 0.2) is 53.5 Å². The van der Waals surface area contributed by atoms with Crippen LogP contribution in [0.25, 0.3) is 0 Å². The third kappa shape index (κ3) is 4.55. The number of urea groups is 1. The molecule has 26 heavy (non-hydrogen) atoms. The number of rotatable bonds is 6. The van der Waals surface area contributed by atoms with Gasteiger partial charge in [0.25, 0.3) is 0 Å². The van der Waals surface area contributed by atoms with Crippen molar-refractivity contribution in [1.82, 2.24) is 4.90 Å². The molecule has 2 aromatic rings. The third-order valence-electron chi connectivity index (χ3n) is 4.04. The Labute approximate surface area is 158 Å². The standard InChI is InChI=1S/C20H22ClN3O2/c1-2-3-13-26-18-9-7-17(8-10-18)23-20(25)24-12-11-22-19(24)15-5-4-6-16(21)14-15/h4-10,14H,2-3,11-13H2,1H3,(H,23,25). The Hall–Kier alpha value is -2.53. The van der Waals surface area contributed by atoms with Crippen molar-refractivity contribution in [2.24, 2.45) is 4.99 Å². The lowest BCUT2D eigenvalue weighted by Crippen LogP contribution is -2.38. The minimum atomic E-state index is -0.208. The van der Waals surface area contributed by atoms with Gasteiger partial charge >= 0.3 is 6.03 Å². The highest BCUT2D eigenvalue weighted by Gasteiger charge is 2.25. The molecule has 1 aliphatic rings. The van der Waals surface area contributed by atoms with Gasteiger partial charge in [0, 0.05) is 22.8 Å². The largest absolute Gasteiger partial charge is 0.494 e. The molecule has 0 bridgehead atoms. The molecule has 1 aliphatic heterocycles. The highest BCUT2D eigenvalue weighted by molar-refractivity contribution is 6.31. The summed E-state index contributed by atoms with van der Waals surface area (Å²) in [4.78, 5) is 18.7. The van der Waals surface area contributed by atoms with Crippen LogP contribution in [0.2, 0.25) is 5.02 Å². The van der Waals surface area contributed by atoms with Crippen molar-refractivity contribution < 1.29 is 9.53 Å². The molecule has 3 rings (SSSR count). The Kier molecular flexibility index (Phi) is 6.12. The third-order valence-corrected chi connectivity index (χ3v) is 4.28. The van der Waals surface area contributed by atoms with E-state index in [9.17, 15) is 4.79 Å². The Bertz CT molecular complexity index is 790. The van der Waals surface area contributed by atoms with Gasteiger partial charge in [-0.05, 0) is 42.8 Å². The molecule has 5 nitrogen and oxygen atoms in total. The second kappa shape index (κ2) is 8.72. The van der Waals surface area contributed by atoms with Crippen molar-refractivity contribution in [3.8, 4) is 5.75 Å². The summed E-state index contributed by atoms with van der Waals surface area (Å²) in [5.74, 6) is 1.45. The van der Waals surface area contributed by atoms with Crippen LogP contribution in [-0.4, -0.2) is 36.5 Å². The molecule has 2 aromatic carbocycles. The van der Waals surface area contributed by atoms with Gasteiger partial charge in [0.2, 0.25) is 0 Å². The predicted octanol–water partition coefficient (Wildman–Crippen LogP) is 4.81. The molecule has 1 N–H and O–H groups in total. The zero-order valence-electron chi connectivity index (χ0n) is 14.7. The van der Waals surface area contributed by atoms with Gasteiger partial charge in [-0.2, -0.15) is 0 Å². The van der Waals surface area contributed by atoms with Crippen LogP contribution in [0.1, 0.15) is 25.3 Å². The molecule has 6 heteroatoms. The van der Waals surface area contributed by atoms with E-state index in [4.69, 9.17) is 16.3 Å². The summed E-state index contributed by atoms with van der Waals surface area (Å²) in [6, 6.07) is 14.6. The first kappa shape index (κ1) is 18.3. The molecular formula is C20H22ClN3O2. The van der Waals surface area contributed by atoms with Crippen molar-refractivity contribution in [3.63, 3.8) is 0 Å². The lowest BCUT2D eigenvalue weighted by molar-refractivity contribution is 0.236. The number of benzene rings is 2. The molecule has 0 aliphatic carbocycles. The molecular weight excluding hydrogens is 350 g/mol. The summed E-state index contributed by atoms with van der Waals surface area (Å²) in [5, 5.41) is 3.53. The number of amidine groups is 1. The van der Waals surface area contributed by atoms with E-state index in [0.717, 1.165) is 29.8 Å². The fourth-order valence-corrected chi connectivity index (χ4v) is 2.87. The fraction of sp³-hybridized carbons (Fsp3) is 0.300. The van der Waals surface area contributed by atoms with E-state index in [-0.39, 0.29) is 6.03 Å². The van der Waals surface area contributed by atoms with E-state index in [1.165, 1.54) is 0 Å². The van der Waals surface area contributed by atoms with Crippen molar-refractivity contribution in [2.75, 3.05) is 25.0 Å². The normalized spacial score (nSPS) is 13.5. The molecule has 2 amide bonds. The van der Waals surface area contributed by atoms with Crippen LogP contribution in [-0.2, 0) is 0 Å². The number of aliphatic imine (C=N–C) groups is 1. The number of carbonyl (C=O) groups is 1. The molecule has 0 saturated carbocycles. The number of nitrogens with zero attached hydrogens (tertiary/aromatic N) is 2. The minimum absolute atomic E-state index is 0.208. The molecule has 0 unspecified atom stereocenters. The van der Waals surface area contributed by atoms with Crippen LogP contribution in [0.5, 0.6) is 5.75 Å². The fourth-order valence-electron chi connectivity index (χ4n) is 2.68. The average molecular weight is 372 g/mol. The Morgan fingerprint density at radius 1 is 1.27 bits per heavy atom. The number of unbranched alkanes of at least 4 members (excludes halogenated alkanes) is 1. The van der Waals surface area contributed by atoms with Crippen molar-refractivity contribution in [2.45, 2.75) is 19.8 Å². The smallest absolute Gasteiger partial charge is 0.327 e. The van der Waals surface area contributed by atoms with Crippen molar-refractivity contribution in [3.05, 3.63) is 59.1 Å². The van der Waals surface area contributed by atoms with Gasteiger partial charge in [0.1, 0.15) is 11.6 Å². The lowest BCUT2D eigenvalue weighted by Gasteiger charge is -2.19. The van der Waals surface area contributed by atoms with Crippen molar-refractivity contribution in [1.29, 1.82) is 0 Å². The van der Waals surface area contributed by atoms with Gasteiger partial charge in [-0.25, -0.2) is 4.79 Å². The van der Waals surface area contributed by atoms with E-state index in [1.807, 2.05) is 42.5 Å². The van der Waals surface area contributed by atoms with Crippen LogP contribution < -0.4 is 10.1 Å². The Morgan fingerprint density at radius 2 is 2.08 bits per heavy atom. The number of nitrogens with one attached hydrogen (secondary N) is 1. The van der Waals surface area contributed by atoms with Crippen LogP contribution in [0.3, 0.4) is 0 Å². The number of hydrogen-bond acceptors (Lipinski definition) is 3. The topological polar surface area (TPSA) is 53.9 Å². The maximum atomic E-state index is 12.6. The summed E-state index contributed by atoms with van der Waals surface area (Å²) < 4.78 is 5.64. The summed E-state index contributed by atoms with van der Waals surface area (Å²) in [5.41, 5.74) is 1.56. The van der Waals surface area contributed by atoms with E-state index >= 15 is 0 Å². The number of amides is 2. The highest BCUT2D eigenvalue weighted by Crippen LogP contribution is 2.19. The first-order chi connectivity index (χ1) is 12.7. The summed E-state index contributed by atoms with van der Waals surface area (Å²) in [7, 11) is 0. The molecule has 0 fully saturated rings. The van der Waals surface area contributed by atoms with Crippen LogP contribution in [0, 0.1) is 0 Å². The number of ether oxygens (including phenoxy) is 1. The van der Waals surface area contributed by atoms with E-state index in [1.54, 1.807) is 11.0 Å². The number of anilines is 1. The Balaban J connectivity index is 1.63. The molecule has 0 radical (unpaired) electrons. The van der Waals surface area contributed by atoms with Gasteiger partial charge in [-0.1, -0.05) is 37.1 Å².